The minimum atomic E-state index is -3.64. The van der Waals surface area contributed by atoms with Gasteiger partial charge in [-0.3, -0.25) is 4.79 Å². The van der Waals surface area contributed by atoms with Gasteiger partial charge in [0.15, 0.2) is 0 Å². The minimum absolute atomic E-state index is 0.143. The second-order valence-corrected chi connectivity index (χ2v) is 8.67. The van der Waals surface area contributed by atoms with Crippen LogP contribution in [0.5, 0.6) is 0 Å². The van der Waals surface area contributed by atoms with Crippen LogP contribution in [0, 0.1) is 0 Å². The van der Waals surface area contributed by atoms with Gasteiger partial charge >= 0.3 is 0 Å². The summed E-state index contributed by atoms with van der Waals surface area (Å²) in [5, 5.41) is 3.00. The summed E-state index contributed by atoms with van der Waals surface area (Å²) in [7, 11) is -3.64. The molecule has 0 atom stereocenters. The first kappa shape index (κ1) is 14.3. The van der Waals surface area contributed by atoms with Crippen molar-refractivity contribution in [2.75, 3.05) is 19.6 Å². The third kappa shape index (κ3) is 2.88. The van der Waals surface area contributed by atoms with Gasteiger partial charge in [0, 0.05) is 13.1 Å². The van der Waals surface area contributed by atoms with Gasteiger partial charge in [-0.25, -0.2) is 8.42 Å². The third-order valence-electron chi connectivity index (χ3n) is 2.44. The summed E-state index contributed by atoms with van der Waals surface area (Å²) in [5.41, 5.74) is 0. The van der Waals surface area contributed by atoms with Gasteiger partial charge in [0.25, 0.3) is 10.0 Å². The lowest BCUT2D eigenvalue weighted by molar-refractivity contribution is -0.120. The first-order valence-electron chi connectivity index (χ1n) is 5.13. The summed E-state index contributed by atoms with van der Waals surface area (Å²) >= 11 is 10.1. The first-order valence-corrected chi connectivity index (χ1v) is 8.55. The number of nitrogens with one attached hydrogen (secondary N) is 1. The molecule has 0 spiro atoms. The lowest BCUT2D eigenvalue weighted by Crippen LogP contribution is -2.37. The Hall–Kier alpha value is -0.150. The molecule has 2 heterocycles. The maximum atomic E-state index is 12.3. The maximum Gasteiger partial charge on any atom is 0.253 e. The molecule has 9 heteroatoms. The standard InChI is InChI=1S/C9H10BrClN2O3S2/c10-9-6(11)4-8(17-9)18(15,16)13-3-1-2-12-7(14)5-13/h4H,1-3,5H2,(H,12,14). The van der Waals surface area contributed by atoms with Crippen molar-refractivity contribution in [3.8, 4) is 0 Å². The fourth-order valence-electron chi connectivity index (χ4n) is 1.56. The summed E-state index contributed by atoms with van der Waals surface area (Å²) in [6, 6.07) is 1.40. The van der Waals surface area contributed by atoms with E-state index in [4.69, 9.17) is 11.6 Å². The average molecular weight is 374 g/mol. The van der Waals surface area contributed by atoms with E-state index in [0.717, 1.165) is 11.3 Å². The highest BCUT2D eigenvalue weighted by Gasteiger charge is 2.29. The molecular weight excluding hydrogens is 364 g/mol. The normalized spacial score (nSPS) is 18.4. The number of hydrogen-bond donors (Lipinski definition) is 1. The second kappa shape index (κ2) is 5.46. The number of carbonyl (C=O) groups is 1. The van der Waals surface area contributed by atoms with Crippen LogP contribution in [0.2, 0.25) is 5.02 Å². The molecule has 0 radical (unpaired) electrons. The Balaban J connectivity index is 2.32. The molecule has 0 aromatic carbocycles. The molecule has 1 fully saturated rings. The van der Waals surface area contributed by atoms with Crippen molar-refractivity contribution in [1.82, 2.24) is 9.62 Å². The highest BCUT2D eigenvalue weighted by atomic mass is 79.9. The molecule has 0 saturated carbocycles. The summed E-state index contributed by atoms with van der Waals surface area (Å²) in [6.07, 6.45) is 0.602. The van der Waals surface area contributed by atoms with Crippen LogP contribution in [-0.2, 0) is 14.8 Å². The van der Waals surface area contributed by atoms with E-state index in [1.54, 1.807) is 0 Å². The number of sulfonamides is 1. The predicted octanol–water partition coefficient (Wildman–Crippen LogP) is 1.67. The van der Waals surface area contributed by atoms with E-state index in [2.05, 4.69) is 21.2 Å². The van der Waals surface area contributed by atoms with Gasteiger partial charge in [-0.05, 0) is 28.4 Å². The molecular formula is C9H10BrClN2O3S2. The van der Waals surface area contributed by atoms with Gasteiger partial charge in [0.1, 0.15) is 4.21 Å². The van der Waals surface area contributed by atoms with Gasteiger partial charge in [-0.15, -0.1) is 11.3 Å². The van der Waals surface area contributed by atoms with Crippen LogP contribution >= 0.6 is 38.9 Å². The Bertz CT molecular complexity index is 553. The molecule has 1 aromatic heterocycles. The number of nitrogens with zero attached hydrogens (tertiary/aromatic N) is 1. The maximum absolute atomic E-state index is 12.3. The molecule has 1 aliphatic rings. The van der Waals surface area contributed by atoms with Crippen LogP contribution in [0.4, 0.5) is 0 Å². The van der Waals surface area contributed by atoms with Crippen molar-refractivity contribution in [1.29, 1.82) is 0 Å². The topological polar surface area (TPSA) is 66.5 Å². The fourth-order valence-corrected chi connectivity index (χ4v) is 5.55. The number of hydrogen-bond acceptors (Lipinski definition) is 4. The quantitative estimate of drug-likeness (QED) is 0.857. The Morgan fingerprint density at radius 2 is 2.22 bits per heavy atom. The van der Waals surface area contributed by atoms with Crippen molar-refractivity contribution >= 4 is 54.8 Å². The molecule has 0 unspecified atom stereocenters. The largest absolute Gasteiger partial charge is 0.355 e. The summed E-state index contributed by atoms with van der Waals surface area (Å²) < 4.78 is 26.6. The number of thiophene rings is 1. The first-order chi connectivity index (χ1) is 8.41. The number of halogens is 2. The van der Waals surface area contributed by atoms with Crippen LogP contribution in [-0.4, -0.2) is 38.3 Å². The molecule has 2 rings (SSSR count). The zero-order chi connectivity index (χ0) is 13.3. The van der Waals surface area contributed by atoms with Crippen molar-refractivity contribution in [3.63, 3.8) is 0 Å². The Morgan fingerprint density at radius 1 is 1.50 bits per heavy atom. The predicted molar refractivity (Wildman–Crippen MR) is 73.4 cm³/mol. The molecule has 1 aromatic rings. The van der Waals surface area contributed by atoms with Crippen molar-refractivity contribution in [3.05, 3.63) is 14.9 Å². The Morgan fingerprint density at radius 3 is 2.83 bits per heavy atom. The average Bonchev–Trinajstić information content (AvgIpc) is 2.52. The van der Waals surface area contributed by atoms with E-state index in [1.165, 1.54) is 10.4 Å². The third-order valence-corrected chi connectivity index (χ3v) is 7.21. The van der Waals surface area contributed by atoms with Crippen LogP contribution in [0.15, 0.2) is 14.1 Å². The van der Waals surface area contributed by atoms with Gasteiger partial charge in [0.2, 0.25) is 5.91 Å². The van der Waals surface area contributed by atoms with E-state index in [9.17, 15) is 13.2 Å². The molecule has 1 saturated heterocycles. The van der Waals surface area contributed by atoms with Crippen molar-refractivity contribution in [2.45, 2.75) is 10.6 Å². The zero-order valence-electron chi connectivity index (χ0n) is 9.15. The molecule has 1 N–H and O–H groups in total. The van der Waals surface area contributed by atoms with E-state index < -0.39 is 10.0 Å². The van der Waals surface area contributed by atoms with Crippen LogP contribution < -0.4 is 5.32 Å². The summed E-state index contributed by atoms with van der Waals surface area (Å²) in [5.74, 6) is -0.280. The van der Waals surface area contributed by atoms with E-state index in [0.29, 0.717) is 28.3 Å². The molecule has 0 aliphatic carbocycles. The SMILES string of the molecule is O=C1CN(S(=O)(=O)c2cc(Cl)c(Br)s2)CCCN1. The minimum Gasteiger partial charge on any atom is -0.355 e. The van der Waals surface area contributed by atoms with Crippen LogP contribution in [0.3, 0.4) is 0 Å². The second-order valence-electron chi connectivity index (χ2n) is 3.73. The van der Waals surface area contributed by atoms with Crippen molar-refractivity contribution in [2.24, 2.45) is 0 Å². The highest BCUT2D eigenvalue weighted by molar-refractivity contribution is 9.11. The smallest absolute Gasteiger partial charge is 0.253 e. The number of carbonyl (C=O) groups excluding carboxylic acids is 1. The highest BCUT2D eigenvalue weighted by Crippen LogP contribution is 2.35. The van der Waals surface area contributed by atoms with E-state index >= 15 is 0 Å². The van der Waals surface area contributed by atoms with Gasteiger partial charge in [0.05, 0.1) is 15.4 Å². The summed E-state index contributed by atoms with van der Waals surface area (Å²) in [6.45, 7) is 0.684. The van der Waals surface area contributed by atoms with Crippen molar-refractivity contribution < 1.29 is 13.2 Å². The molecule has 5 nitrogen and oxygen atoms in total. The number of amides is 1. The van der Waals surface area contributed by atoms with Gasteiger partial charge < -0.3 is 5.32 Å². The van der Waals surface area contributed by atoms with Gasteiger partial charge in [-0.2, -0.15) is 4.31 Å². The molecule has 1 aliphatic heterocycles. The molecule has 18 heavy (non-hydrogen) atoms. The molecule has 0 bridgehead atoms. The lowest BCUT2D eigenvalue weighted by Gasteiger charge is -2.17. The lowest BCUT2D eigenvalue weighted by atomic mass is 10.4. The Labute approximate surface area is 122 Å². The molecule has 1 amide bonds. The Kier molecular flexibility index (Phi) is 4.32. The fraction of sp³-hybridized carbons (Fsp3) is 0.444. The van der Waals surface area contributed by atoms with E-state index in [1.807, 2.05) is 0 Å². The monoisotopic (exact) mass is 372 g/mol. The van der Waals surface area contributed by atoms with E-state index in [-0.39, 0.29) is 16.7 Å². The van der Waals surface area contributed by atoms with Crippen LogP contribution in [0.25, 0.3) is 0 Å². The van der Waals surface area contributed by atoms with Gasteiger partial charge in [-0.1, -0.05) is 11.6 Å². The zero-order valence-corrected chi connectivity index (χ0v) is 13.1. The summed E-state index contributed by atoms with van der Waals surface area (Å²) in [4.78, 5) is 11.4. The van der Waals surface area contributed by atoms with Crippen LogP contribution in [0.1, 0.15) is 6.42 Å². The number of rotatable bonds is 2. The molecule has 100 valence electrons.